The minimum Gasteiger partial charge on any atom is -0.358 e. The van der Waals surface area contributed by atoms with Crippen LogP contribution in [0.15, 0.2) is 24.7 Å². The van der Waals surface area contributed by atoms with Gasteiger partial charge in [0.15, 0.2) is 5.82 Å². The third kappa shape index (κ3) is 4.50. The molecule has 28 heavy (non-hydrogen) atoms. The Labute approximate surface area is 162 Å². The molecule has 0 aromatic carbocycles. The van der Waals surface area contributed by atoms with Crippen LogP contribution in [0.1, 0.15) is 12.5 Å². The quantitative estimate of drug-likeness (QED) is 0.596. The van der Waals surface area contributed by atoms with Gasteiger partial charge in [-0.2, -0.15) is 13.2 Å². The van der Waals surface area contributed by atoms with Crippen LogP contribution in [0.4, 0.5) is 19.0 Å². The van der Waals surface area contributed by atoms with Gasteiger partial charge < -0.3 is 15.6 Å². The zero-order valence-electron chi connectivity index (χ0n) is 14.9. The summed E-state index contributed by atoms with van der Waals surface area (Å²) in [6, 6.07) is 0.794. The third-order valence-electron chi connectivity index (χ3n) is 3.92. The Balaban J connectivity index is 1.83. The van der Waals surface area contributed by atoms with Gasteiger partial charge >= 0.3 is 6.18 Å². The fourth-order valence-corrected chi connectivity index (χ4v) is 2.65. The zero-order valence-corrected chi connectivity index (χ0v) is 15.6. The normalized spacial score (nSPS) is 12.8. The van der Waals surface area contributed by atoms with Crippen LogP contribution in [0.2, 0.25) is 5.02 Å². The standard InChI is InChI=1S/C17H16ClF3N6O/c1-8-4-22-15(12-6-24-14-11(12)3-10(18)5-23-14)27-13(8)26-9(2)16(28)25-7-17(19,20)21/h3-6,9H,7H2,1-2H3,(H,23,24)(H,25,28)(H,22,26,27)/t9-/m0/s1. The number of halogens is 4. The molecule has 0 aliphatic carbocycles. The molecule has 1 atom stereocenters. The number of rotatable bonds is 5. The SMILES string of the molecule is Cc1cnc(-c2c[nH]c3ncc(Cl)cc23)nc1N[C@@H](C)C(=O)NCC(F)(F)F. The fraction of sp³-hybridized carbons (Fsp3) is 0.294. The molecule has 148 valence electrons. The van der Waals surface area contributed by atoms with Crippen molar-refractivity contribution in [2.24, 2.45) is 0 Å². The molecule has 0 saturated carbocycles. The number of pyridine rings is 1. The van der Waals surface area contributed by atoms with E-state index in [1.54, 1.807) is 25.4 Å². The minimum atomic E-state index is -4.47. The van der Waals surface area contributed by atoms with Crippen molar-refractivity contribution in [3.63, 3.8) is 0 Å². The third-order valence-corrected chi connectivity index (χ3v) is 4.13. The van der Waals surface area contributed by atoms with Gasteiger partial charge in [-0.15, -0.1) is 0 Å². The maximum absolute atomic E-state index is 12.3. The van der Waals surface area contributed by atoms with E-state index in [-0.39, 0.29) is 0 Å². The number of aromatic amines is 1. The molecular formula is C17H16ClF3N6O. The maximum atomic E-state index is 12.3. The van der Waals surface area contributed by atoms with Crippen LogP contribution in [-0.2, 0) is 4.79 Å². The van der Waals surface area contributed by atoms with Gasteiger partial charge in [0.1, 0.15) is 24.1 Å². The lowest BCUT2D eigenvalue weighted by molar-refractivity contribution is -0.138. The van der Waals surface area contributed by atoms with Crippen LogP contribution in [-0.4, -0.2) is 44.6 Å². The summed E-state index contributed by atoms with van der Waals surface area (Å²) in [4.78, 5) is 27.8. The van der Waals surface area contributed by atoms with E-state index < -0.39 is 24.7 Å². The monoisotopic (exact) mass is 412 g/mol. The molecule has 7 nitrogen and oxygen atoms in total. The number of H-pyrrole nitrogens is 1. The number of aryl methyl sites for hydroxylation is 1. The summed E-state index contributed by atoms with van der Waals surface area (Å²) in [5.41, 5.74) is 1.90. The average Bonchev–Trinajstić information content (AvgIpc) is 3.03. The first-order valence-electron chi connectivity index (χ1n) is 8.21. The summed E-state index contributed by atoms with van der Waals surface area (Å²) in [6.45, 7) is 1.78. The van der Waals surface area contributed by atoms with Crippen molar-refractivity contribution in [3.05, 3.63) is 35.2 Å². The van der Waals surface area contributed by atoms with Crippen molar-refractivity contribution in [1.29, 1.82) is 0 Å². The highest BCUT2D eigenvalue weighted by molar-refractivity contribution is 6.31. The molecule has 1 amide bonds. The number of nitrogens with one attached hydrogen (secondary N) is 3. The smallest absolute Gasteiger partial charge is 0.358 e. The highest BCUT2D eigenvalue weighted by Crippen LogP contribution is 2.28. The van der Waals surface area contributed by atoms with E-state index in [9.17, 15) is 18.0 Å². The van der Waals surface area contributed by atoms with Gasteiger partial charge in [-0.1, -0.05) is 11.6 Å². The number of fused-ring (bicyclic) bond motifs is 1. The van der Waals surface area contributed by atoms with Crippen molar-refractivity contribution in [2.75, 3.05) is 11.9 Å². The van der Waals surface area contributed by atoms with Crippen molar-refractivity contribution in [3.8, 4) is 11.4 Å². The lowest BCUT2D eigenvalue weighted by atomic mass is 10.2. The van der Waals surface area contributed by atoms with Crippen LogP contribution in [0, 0.1) is 6.92 Å². The average molecular weight is 413 g/mol. The highest BCUT2D eigenvalue weighted by atomic mass is 35.5. The van der Waals surface area contributed by atoms with Crippen molar-refractivity contribution in [2.45, 2.75) is 26.1 Å². The maximum Gasteiger partial charge on any atom is 0.405 e. The number of anilines is 1. The Kier molecular flexibility index (Phi) is 5.41. The van der Waals surface area contributed by atoms with Gasteiger partial charge in [-0.3, -0.25) is 4.79 Å². The predicted octanol–water partition coefficient (Wildman–Crippen LogP) is 3.46. The molecule has 3 N–H and O–H groups in total. The Morgan fingerprint density at radius 2 is 2.07 bits per heavy atom. The van der Waals surface area contributed by atoms with E-state index in [0.29, 0.717) is 33.4 Å². The first kappa shape index (κ1) is 19.9. The van der Waals surface area contributed by atoms with Crippen LogP contribution < -0.4 is 10.6 Å². The largest absolute Gasteiger partial charge is 0.405 e. The topological polar surface area (TPSA) is 95.6 Å². The molecule has 0 unspecified atom stereocenters. The molecule has 11 heteroatoms. The van der Waals surface area contributed by atoms with E-state index in [1.807, 2.05) is 5.32 Å². The number of alkyl halides is 3. The fourth-order valence-electron chi connectivity index (χ4n) is 2.49. The molecular weight excluding hydrogens is 397 g/mol. The Morgan fingerprint density at radius 3 is 2.79 bits per heavy atom. The summed E-state index contributed by atoms with van der Waals surface area (Å²) in [5.74, 6) is -0.102. The lowest BCUT2D eigenvalue weighted by Crippen LogP contribution is -2.42. The predicted molar refractivity (Wildman–Crippen MR) is 99.0 cm³/mol. The zero-order chi connectivity index (χ0) is 20.5. The number of amides is 1. The Bertz CT molecular complexity index is 1020. The summed E-state index contributed by atoms with van der Waals surface area (Å²) in [7, 11) is 0. The number of carbonyl (C=O) groups is 1. The Hall–Kier alpha value is -2.88. The first-order valence-corrected chi connectivity index (χ1v) is 8.59. The molecule has 0 radical (unpaired) electrons. The molecule has 0 fully saturated rings. The molecule has 0 saturated heterocycles. The summed E-state index contributed by atoms with van der Waals surface area (Å²) in [5, 5.41) is 5.84. The van der Waals surface area contributed by atoms with Crippen LogP contribution in [0.5, 0.6) is 0 Å². The van der Waals surface area contributed by atoms with E-state index in [2.05, 4.69) is 25.3 Å². The second-order valence-corrected chi connectivity index (χ2v) is 6.61. The van der Waals surface area contributed by atoms with Gasteiger partial charge in [0.05, 0.1) is 5.02 Å². The second kappa shape index (κ2) is 7.63. The van der Waals surface area contributed by atoms with Gasteiger partial charge in [0, 0.05) is 35.1 Å². The molecule has 3 aromatic heterocycles. The Morgan fingerprint density at radius 1 is 1.32 bits per heavy atom. The van der Waals surface area contributed by atoms with Crippen LogP contribution in [0.3, 0.4) is 0 Å². The van der Waals surface area contributed by atoms with Gasteiger partial charge in [-0.05, 0) is 19.9 Å². The molecule has 3 heterocycles. The summed E-state index contributed by atoms with van der Waals surface area (Å²) < 4.78 is 36.8. The van der Waals surface area contributed by atoms with Crippen LogP contribution >= 0.6 is 11.6 Å². The molecule has 0 aliphatic rings. The van der Waals surface area contributed by atoms with E-state index >= 15 is 0 Å². The van der Waals surface area contributed by atoms with Crippen molar-refractivity contribution < 1.29 is 18.0 Å². The number of nitrogens with zero attached hydrogens (tertiary/aromatic N) is 3. The number of carbonyl (C=O) groups excluding carboxylic acids is 1. The molecule has 3 aromatic rings. The van der Waals surface area contributed by atoms with Gasteiger partial charge in [0.25, 0.3) is 0 Å². The summed E-state index contributed by atoms with van der Waals surface area (Å²) >= 11 is 6.00. The molecule has 0 aliphatic heterocycles. The number of hydrogen-bond donors (Lipinski definition) is 3. The molecule has 3 rings (SSSR count). The van der Waals surface area contributed by atoms with Crippen molar-refractivity contribution in [1.82, 2.24) is 25.3 Å². The van der Waals surface area contributed by atoms with E-state index in [0.717, 1.165) is 5.39 Å². The van der Waals surface area contributed by atoms with E-state index in [4.69, 9.17) is 11.6 Å². The van der Waals surface area contributed by atoms with E-state index in [1.165, 1.54) is 13.1 Å². The highest BCUT2D eigenvalue weighted by Gasteiger charge is 2.28. The van der Waals surface area contributed by atoms with Gasteiger partial charge in [0.2, 0.25) is 5.91 Å². The van der Waals surface area contributed by atoms with Crippen LogP contribution in [0.25, 0.3) is 22.4 Å². The minimum absolute atomic E-state index is 0.337. The number of hydrogen-bond acceptors (Lipinski definition) is 5. The van der Waals surface area contributed by atoms with Gasteiger partial charge in [-0.25, -0.2) is 15.0 Å². The molecule has 0 spiro atoms. The second-order valence-electron chi connectivity index (χ2n) is 6.18. The molecule has 0 bridgehead atoms. The summed E-state index contributed by atoms with van der Waals surface area (Å²) in [6.07, 6.45) is 0.274. The lowest BCUT2D eigenvalue weighted by Gasteiger charge is -2.17. The number of aromatic nitrogens is 4. The van der Waals surface area contributed by atoms with Crippen molar-refractivity contribution >= 4 is 34.4 Å². The first-order chi connectivity index (χ1) is 13.1.